The van der Waals surface area contributed by atoms with Crippen molar-refractivity contribution in [3.63, 3.8) is 0 Å². The second-order valence-electron chi connectivity index (χ2n) is 5.65. The fourth-order valence-electron chi connectivity index (χ4n) is 3.17. The van der Waals surface area contributed by atoms with E-state index in [0.717, 1.165) is 18.4 Å². The molecule has 18 heavy (non-hydrogen) atoms. The Balaban J connectivity index is 2.24. The van der Waals surface area contributed by atoms with Gasteiger partial charge in [0, 0.05) is 5.56 Å². The van der Waals surface area contributed by atoms with Gasteiger partial charge in [-0.25, -0.2) is 4.39 Å². The van der Waals surface area contributed by atoms with Crippen molar-refractivity contribution in [2.24, 2.45) is 17.7 Å². The van der Waals surface area contributed by atoms with Crippen LogP contribution in [-0.4, -0.2) is 0 Å². The molecule has 3 unspecified atom stereocenters. The number of hydrogen-bond donors (Lipinski definition) is 2. The maximum Gasteiger partial charge on any atom is 0.130 e. The molecule has 1 saturated carbocycles. The van der Waals surface area contributed by atoms with Gasteiger partial charge < -0.3 is 0 Å². The molecule has 1 aliphatic rings. The van der Waals surface area contributed by atoms with Crippen molar-refractivity contribution in [1.29, 1.82) is 0 Å². The molecular formula is C15H23FN2. The third-order valence-corrected chi connectivity index (χ3v) is 4.18. The molecule has 0 heterocycles. The molecule has 0 aliphatic heterocycles. The van der Waals surface area contributed by atoms with E-state index < -0.39 is 0 Å². The van der Waals surface area contributed by atoms with E-state index in [0.29, 0.717) is 17.4 Å². The van der Waals surface area contributed by atoms with Gasteiger partial charge in [0.2, 0.25) is 0 Å². The number of nitrogens with one attached hydrogen (secondary N) is 1. The first-order valence-electron chi connectivity index (χ1n) is 6.84. The zero-order valence-corrected chi connectivity index (χ0v) is 11.2. The Morgan fingerprint density at radius 1 is 1.39 bits per heavy atom. The van der Waals surface area contributed by atoms with E-state index in [-0.39, 0.29) is 11.9 Å². The number of nitrogens with two attached hydrogens (primary N) is 1. The zero-order valence-electron chi connectivity index (χ0n) is 11.2. The number of hydrogen-bond acceptors (Lipinski definition) is 2. The smallest absolute Gasteiger partial charge is 0.130 e. The van der Waals surface area contributed by atoms with Gasteiger partial charge in [0.05, 0.1) is 6.04 Å². The van der Waals surface area contributed by atoms with Crippen molar-refractivity contribution >= 4 is 0 Å². The first kappa shape index (κ1) is 13.5. The fraction of sp³-hybridized carbons (Fsp3) is 0.600. The van der Waals surface area contributed by atoms with Crippen molar-refractivity contribution in [3.8, 4) is 0 Å². The van der Waals surface area contributed by atoms with Crippen LogP contribution in [0.25, 0.3) is 0 Å². The summed E-state index contributed by atoms with van der Waals surface area (Å²) in [6, 6.07) is 5.50. The van der Waals surface area contributed by atoms with Crippen LogP contribution in [0, 0.1) is 24.6 Å². The van der Waals surface area contributed by atoms with Gasteiger partial charge in [-0.15, -0.1) is 0 Å². The fourth-order valence-corrected chi connectivity index (χ4v) is 3.17. The highest BCUT2D eigenvalue weighted by atomic mass is 19.1. The summed E-state index contributed by atoms with van der Waals surface area (Å²) in [6.07, 6.45) is 4.76. The van der Waals surface area contributed by atoms with Gasteiger partial charge in [-0.05, 0) is 37.2 Å². The first-order chi connectivity index (χ1) is 8.63. The molecular weight excluding hydrogens is 227 g/mol. The summed E-state index contributed by atoms with van der Waals surface area (Å²) in [6.45, 7) is 4.07. The van der Waals surface area contributed by atoms with Crippen LogP contribution < -0.4 is 11.3 Å². The lowest BCUT2D eigenvalue weighted by Crippen LogP contribution is -2.36. The highest BCUT2D eigenvalue weighted by Gasteiger charge is 2.29. The van der Waals surface area contributed by atoms with E-state index in [1.165, 1.54) is 12.8 Å². The van der Waals surface area contributed by atoms with Crippen LogP contribution in [0.5, 0.6) is 0 Å². The summed E-state index contributed by atoms with van der Waals surface area (Å²) in [4.78, 5) is 0. The second kappa shape index (κ2) is 5.81. The lowest BCUT2D eigenvalue weighted by Gasteiger charge is -2.33. The van der Waals surface area contributed by atoms with Crippen LogP contribution in [0.2, 0.25) is 0 Å². The van der Waals surface area contributed by atoms with Gasteiger partial charge in [0.15, 0.2) is 0 Å². The Bertz CT molecular complexity index is 405. The molecule has 2 rings (SSSR count). The quantitative estimate of drug-likeness (QED) is 0.637. The molecule has 0 aromatic heterocycles. The summed E-state index contributed by atoms with van der Waals surface area (Å²) in [5.74, 6) is 6.73. The summed E-state index contributed by atoms with van der Waals surface area (Å²) in [7, 11) is 0. The zero-order chi connectivity index (χ0) is 13.1. The minimum Gasteiger partial charge on any atom is -0.271 e. The van der Waals surface area contributed by atoms with Crippen molar-refractivity contribution in [2.75, 3.05) is 0 Å². The first-order valence-corrected chi connectivity index (χ1v) is 6.84. The average Bonchev–Trinajstić information content (AvgIpc) is 2.35. The molecule has 0 spiro atoms. The number of rotatable bonds is 3. The lowest BCUT2D eigenvalue weighted by molar-refractivity contribution is 0.221. The second-order valence-corrected chi connectivity index (χ2v) is 5.65. The van der Waals surface area contributed by atoms with Gasteiger partial charge in [0.25, 0.3) is 0 Å². The highest BCUT2D eigenvalue weighted by Crippen LogP contribution is 2.37. The predicted octanol–water partition coefficient (Wildman–Crippen LogP) is 3.46. The Hall–Kier alpha value is -0.930. The number of halogens is 1. The molecule has 3 heteroatoms. The van der Waals surface area contributed by atoms with E-state index in [1.54, 1.807) is 13.0 Å². The molecule has 1 aromatic rings. The predicted molar refractivity (Wildman–Crippen MR) is 72.3 cm³/mol. The van der Waals surface area contributed by atoms with E-state index in [2.05, 4.69) is 12.3 Å². The van der Waals surface area contributed by atoms with Crippen molar-refractivity contribution in [3.05, 3.63) is 35.1 Å². The third kappa shape index (κ3) is 2.73. The molecule has 0 amide bonds. The van der Waals surface area contributed by atoms with Gasteiger partial charge in [-0.1, -0.05) is 38.0 Å². The molecule has 3 atom stereocenters. The SMILES string of the molecule is Cc1cccc(C(NN)C2CCCC(C)C2)c1F. The van der Waals surface area contributed by atoms with Crippen LogP contribution >= 0.6 is 0 Å². The average molecular weight is 250 g/mol. The van der Waals surface area contributed by atoms with Crippen LogP contribution in [0.15, 0.2) is 18.2 Å². The monoisotopic (exact) mass is 250 g/mol. The van der Waals surface area contributed by atoms with Crippen molar-refractivity contribution in [1.82, 2.24) is 5.43 Å². The normalized spacial score (nSPS) is 26.0. The van der Waals surface area contributed by atoms with Gasteiger partial charge >= 0.3 is 0 Å². The van der Waals surface area contributed by atoms with E-state index in [1.807, 2.05) is 12.1 Å². The van der Waals surface area contributed by atoms with E-state index in [9.17, 15) is 4.39 Å². The molecule has 3 N–H and O–H groups in total. The Morgan fingerprint density at radius 3 is 2.83 bits per heavy atom. The summed E-state index contributed by atoms with van der Waals surface area (Å²) >= 11 is 0. The summed E-state index contributed by atoms with van der Waals surface area (Å²) in [5.41, 5.74) is 4.25. The van der Waals surface area contributed by atoms with Crippen LogP contribution in [0.1, 0.15) is 49.8 Å². The van der Waals surface area contributed by atoms with Crippen molar-refractivity contribution in [2.45, 2.75) is 45.6 Å². The molecule has 0 saturated heterocycles. The highest BCUT2D eigenvalue weighted by molar-refractivity contribution is 5.28. The maximum atomic E-state index is 14.2. The Morgan fingerprint density at radius 2 is 2.17 bits per heavy atom. The largest absolute Gasteiger partial charge is 0.271 e. The molecule has 1 fully saturated rings. The van der Waals surface area contributed by atoms with Crippen LogP contribution in [0.4, 0.5) is 4.39 Å². The third-order valence-electron chi connectivity index (χ3n) is 4.18. The molecule has 2 nitrogen and oxygen atoms in total. The van der Waals surface area contributed by atoms with Crippen molar-refractivity contribution < 1.29 is 4.39 Å². The van der Waals surface area contributed by atoms with Gasteiger partial charge in [0.1, 0.15) is 5.82 Å². The van der Waals surface area contributed by atoms with Gasteiger partial charge in [-0.3, -0.25) is 11.3 Å². The van der Waals surface area contributed by atoms with Crippen LogP contribution in [0.3, 0.4) is 0 Å². The molecule has 0 bridgehead atoms. The number of hydrazine groups is 1. The number of aryl methyl sites for hydroxylation is 1. The molecule has 100 valence electrons. The van der Waals surface area contributed by atoms with E-state index >= 15 is 0 Å². The minimum absolute atomic E-state index is 0.0624. The van der Waals surface area contributed by atoms with Gasteiger partial charge in [-0.2, -0.15) is 0 Å². The Kier molecular flexibility index (Phi) is 4.36. The Labute approximate surface area is 109 Å². The van der Waals surface area contributed by atoms with Crippen LogP contribution in [-0.2, 0) is 0 Å². The lowest BCUT2D eigenvalue weighted by atomic mass is 9.76. The molecule has 1 aliphatic carbocycles. The number of benzene rings is 1. The summed E-state index contributed by atoms with van der Waals surface area (Å²) < 4.78 is 14.2. The van der Waals surface area contributed by atoms with E-state index in [4.69, 9.17) is 5.84 Å². The molecule has 0 radical (unpaired) electrons. The maximum absolute atomic E-state index is 14.2. The standard InChI is InChI=1S/C15H23FN2/c1-10-5-3-7-12(9-10)15(18-17)13-8-4-6-11(2)14(13)16/h4,6,8,10,12,15,18H,3,5,7,9,17H2,1-2H3. The molecule has 1 aromatic carbocycles. The minimum atomic E-state index is -0.112. The topological polar surface area (TPSA) is 38.0 Å². The summed E-state index contributed by atoms with van der Waals surface area (Å²) in [5, 5.41) is 0.